The van der Waals surface area contributed by atoms with E-state index in [1.54, 1.807) is 23.8 Å². The van der Waals surface area contributed by atoms with Gasteiger partial charge in [0, 0.05) is 11.9 Å². The first-order valence-electron chi connectivity index (χ1n) is 8.97. The van der Waals surface area contributed by atoms with Crippen LogP contribution in [0.25, 0.3) is 10.8 Å². The second kappa shape index (κ2) is 7.48. The number of urea groups is 1. The Balaban J connectivity index is 1.42. The number of imide groups is 2. The summed E-state index contributed by atoms with van der Waals surface area (Å²) in [5.41, 5.74) is 1.81. The standard InChI is InChI=1S/C19H19N3O4S/c23-17-18(24)22(11-14-12-27-16(20-14)15-7-4-10-26-15)19(25)21(17)9-8-13-5-2-1-3-6-13/h4-5,7,10,12H,1-3,6,8-9,11H2. The Kier molecular flexibility index (Phi) is 4.89. The van der Waals surface area contributed by atoms with Gasteiger partial charge in [0.2, 0.25) is 0 Å². The van der Waals surface area contributed by atoms with Crippen molar-refractivity contribution in [1.29, 1.82) is 0 Å². The van der Waals surface area contributed by atoms with Crippen LogP contribution in [0.5, 0.6) is 0 Å². The fraction of sp³-hybridized carbons (Fsp3) is 0.368. The molecule has 0 bridgehead atoms. The molecule has 4 amide bonds. The smallest absolute Gasteiger partial charge is 0.334 e. The van der Waals surface area contributed by atoms with Gasteiger partial charge in [-0.15, -0.1) is 11.3 Å². The van der Waals surface area contributed by atoms with Gasteiger partial charge in [0.25, 0.3) is 0 Å². The van der Waals surface area contributed by atoms with Crippen molar-refractivity contribution in [2.45, 2.75) is 38.6 Å². The van der Waals surface area contributed by atoms with Crippen molar-refractivity contribution in [3.05, 3.63) is 41.1 Å². The molecule has 140 valence electrons. The lowest BCUT2D eigenvalue weighted by Crippen LogP contribution is -2.34. The highest BCUT2D eigenvalue weighted by Crippen LogP contribution is 2.26. The highest BCUT2D eigenvalue weighted by molar-refractivity contribution is 7.13. The Hall–Kier alpha value is -2.74. The van der Waals surface area contributed by atoms with Crippen LogP contribution in [0.2, 0.25) is 0 Å². The van der Waals surface area contributed by atoms with E-state index in [0.29, 0.717) is 22.9 Å². The van der Waals surface area contributed by atoms with Crippen LogP contribution in [0.3, 0.4) is 0 Å². The second-order valence-corrected chi connectivity index (χ2v) is 7.47. The van der Waals surface area contributed by atoms with Gasteiger partial charge in [0.15, 0.2) is 10.8 Å². The predicted molar refractivity (Wildman–Crippen MR) is 98.6 cm³/mol. The molecule has 4 rings (SSSR count). The lowest BCUT2D eigenvalue weighted by atomic mass is 9.97. The summed E-state index contributed by atoms with van der Waals surface area (Å²) in [6, 6.07) is 3.00. The number of thiazole rings is 1. The number of amides is 4. The molecule has 8 heteroatoms. The van der Waals surface area contributed by atoms with E-state index in [4.69, 9.17) is 4.42 Å². The minimum Gasteiger partial charge on any atom is -0.462 e. The molecule has 27 heavy (non-hydrogen) atoms. The largest absolute Gasteiger partial charge is 0.462 e. The zero-order valence-corrected chi connectivity index (χ0v) is 15.5. The van der Waals surface area contributed by atoms with E-state index < -0.39 is 17.8 Å². The molecule has 2 aromatic rings. The van der Waals surface area contributed by atoms with Gasteiger partial charge in [-0.2, -0.15) is 0 Å². The Morgan fingerprint density at radius 1 is 1.15 bits per heavy atom. The first-order valence-corrected chi connectivity index (χ1v) is 9.85. The van der Waals surface area contributed by atoms with Gasteiger partial charge in [-0.25, -0.2) is 14.7 Å². The lowest BCUT2D eigenvalue weighted by Gasteiger charge is -2.17. The van der Waals surface area contributed by atoms with Crippen molar-refractivity contribution in [3.8, 4) is 10.8 Å². The van der Waals surface area contributed by atoms with Crippen molar-refractivity contribution < 1.29 is 18.8 Å². The quantitative estimate of drug-likeness (QED) is 0.431. The molecular weight excluding hydrogens is 366 g/mol. The summed E-state index contributed by atoms with van der Waals surface area (Å²) in [7, 11) is 0. The first-order chi connectivity index (χ1) is 13.1. The molecule has 0 N–H and O–H groups in total. The highest BCUT2D eigenvalue weighted by Gasteiger charge is 2.44. The molecule has 1 fully saturated rings. The van der Waals surface area contributed by atoms with Crippen LogP contribution in [0.1, 0.15) is 37.8 Å². The van der Waals surface area contributed by atoms with Crippen LogP contribution in [-0.2, 0) is 16.1 Å². The third-order valence-electron chi connectivity index (χ3n) is 4.78. The SMILES string of the molecule is O=C1C(=O)N(Cc2csc(-c3ccco3)n2)C(=O)N1CCC1=CCCCC1. The molecule has 2 aromatic heterocycles. The van der Waals surface area contributed by atoms with Gasteiger partial charge in [0.05, 0.1) is 18.5 Å². The minimum absolute atomic E-state index is 0.0141. The molecule has 0 unspecified atom stereocenters. The second-order valence-electron chi connectivity index (χ2n) is 6.61. The van der Waals surface area contributed by atoms with Crippen LogP contribution >= 0.6 is 11.3 Å². The molecule has 0 aromatic carbocycles. The van der Waals surface area contributed by atoms with Crippen LogP contribution < -0.4 is 0 Å². The number of allylic oxidation sites excluding steroid dienone is 1. The summed E-state index contributed by atoms with van der Waals surface area (Å²) in [5.74, 6) is -0.910. The zero-order chi connectivity index (χ0) is 18.8. The molecule has 0 spiro atoms. The third-order valence-corrected chi connectivity index (χ3v) is 5.69. The number of hydrogen-bond donors (Lipinski definition) is 0. The average Bonchev–Trinajstić information content (AvgIpc) is 3.40. The first kappa shape index (κ1) is 17.7. The number of furan rings is 1. The maximum Gasteiger partial charge on any atom is 0.334 e. The summed E-state index contributed by atoms with van der Waals surface area (Å²) in [5, 5.41) is 2.43. The van der Waals surface area contributed by atoms with E-state index in [0.717, 1.165) is 29.1 Å². The number of nitrogens with zero attached hydrogens (tertiary/aromatic N) is 3. The molecule has 3 heterocycles. The number of carbonyl (C=O) groups is 3. The van der Waals surface area contributed by atoms with Crippen molar-refractivity contribution >= 4 is 29.2 Å². The van der Waals surface area contributed by atoms with Gasteiger partial charge in [-0.1, -0.05) is 11.6 Å². The monoisotopic (exact) mass is 385 g/mol. The molecule has 0 radical (unpaired) electrons. The van der Waals surface area contributed by atoms with E-state index in [9.17, 15) is 14.4 Å². The molecule has 0 saturated carbocycles. The van der Waals surface area contributed by atoms with Crippen LogP contribution in [0, 0.1) is 0 Å². The van der Waals surface area contributed by atoms with E-state index in [-0.39, 0.29) is 13.1 Å². The zero-order valence-electron chi connectivity index (χ0n) is 14.7. The molecule has 7 nitrogen and oxygen atoms in total. The maximum atomic E-state index is 12.6. The summed E-state index contributed by atoms with van der Waals surface area (Å²) in [6.07, 6.45) is 8.75. The predicted octanol–water partition coefficient (Wildman–Crippen LogP) is 3.58. The van der Waals surface area contributed by atoms with Crippen LogP contribution in [0.15, 0.2) is 39.8 Å². The van der Waals surface area contributed by atoms with Gasteiger partial charge < -0.3 is 4.42 Å². The van der Waals surface area contributed by atoms with E-state index in [1.165, 1.54) is 23.3 Å². The van der Waals surface area contributed by atoms with Crippen LogP contribution in [-0.4, -0.2) is 39.2 Å². The minimum atomic E-state index is -0.787. The third kappa shape index (κ3) is 3.57. The Morgan fingerprint density at radius 2 is 2.00 bits per heavy atom. The maximum absolute atomic E-state index is 12.6. The summed E-state index contributed by atoms with van der Waals surface area (Å²) >= 11 is 1.36. The molecule has 0 atom stereocenters. The van der Waals surface area contributed by atoms with Gasteiger partial charge in [0.1, 0.15) is 0 Å². The fourth-order valence-corrected chi connectivity index (χ4v) is 4.11. The topological polar surface area (TPSA) is 83.7 Å². The van der Waals surface area contributed by atoms with Crippen molar-refractivity contribution in [3.63, 3.8) is 0 Å². The average molecular weight is 385 g/mol. The molecular formula is C19H19N3O4S. The van der Waals surface area contributed by atoms with Crippen molar-refractivity contribution in [2.24, 2.45) is 0 Å². The molecule has 1 saturated heterocycles. The highest BCUT2D eigenvalue weighted by atomic mass is 32.1. The molecule has 2 aliphatic rings. The Labute approximate surface area is 160 Å². The van der Waals surface area contributed by atoms with E-state index in [2.05, 4.69) is 11.1 Å². The summed E-state index contributed by atoms with van der Waals surface area (Å²) in [6.45, 7) is 0.236. The Bertz CT molecular complexity index is 900. The van der Waals surface area contributed by atoms with E-state index in [1.807, 2.05) is 0 Å². The van der Waals surface area contributed by atoms with Gasteiger partial charge in [-0.05, 0) is 44.2 Å². The lowest BCUT2D eigenvalue weighted by molar-refractivity contribution is -0.143. The van der Waals surface area contributed by atoms with E-state index >= 15 is 0 Å². The van der Waals surface area contributed by atoms with Crippen molar-refractivity contribution in [1.82, 2.24) is 14.8 Å². The fourth-order valence-electron chi connectivity index (χ4n) is 3.33. The normalized spacial score (nSPS) is 17.8. The van der Waals surface area contributed by atoms with Gasteiger partial charge in [-0.3, -0.25) is 14.5 Å². The molecule has 1 aliphatic carbocycles. The molecule has 1 aliphatic heterocycles. The Morgan fingerprint density at radius 3 is 2.74 bits per heavy atom. The number of carbonyl (C=O) groups excluding carboxylic acids is 3. The van der Waals surface area contributed by atoms with Gasteiger partial charge >= 0.3 is 17.8 Å². The summed E-state index contributed by atoms with van der Waals surface area (Å²) < 4.78 is 5.30. The number of aromatic nitrogens is 1. The number of rotatable bonds is 6. The van der Waals surface area contributed by atoms with Crippen LogP contribution in [0.4, 0.5) is 4.79 Å². The summed E-state index contributed by atoms with van der Waals surface area (Å²) in [4.78, 5) is 43.5. The number of hydrogen-bond acceptors (Lipinski definition) is 6. The van der Waals surface area contributed by atoms with Crippen molar-refractivity contribution in [2.75, 3.05) is 6.54 Å².